The molecular weight excluding hydrogens is 334 g/mol. The van der Waals surface area contributed by atoms with Gasteiger partial charge in [-0.3, -0.25) is 4.90 Å². The van der Waals surface area contributed by atoms with Crippen LogP contribution in [0.5, 0.6) is 11.6 Å². The Morgan fingerprint density at radius 3 is 2.44 bits per heavy atom. The van der Waals surface area contributed by atoms with E-state index in [-0.39, 0.29) is 19.0 Å². The lowest BCUT2D eigenvalue weighted by molar-refractivity contribution is -0.112. The van der Waals surface area contributed by atoms with Crippen molar-refractivity contribution in [1.82, 2.24) is 14.9 Å². The quantitative estimate of drug-likeness (QED) is 0.665. The van der Waals surface area contributed by atoms with Crippen molar-refractivity contribution in [3.8, 4) is 11.6 Å². The molecule has 0 bridgehead atoms. The molecule has 138 valence electrons. The zero-order valence-corrected chi connectivity index (χ0v) is 14.4. The summed E-state index contributed by atoms with van der Waals surface area (Å²) in [5, 5.41) is 29.2. The lowest BCUT2D eigenvalue weighted by Gasteiger charge is -2.44. The average molecular weight is 355 g/mol. The van der Waals surface area contributed by atoms with Crippen LogP contribution >= 0.6 is 0 Å². The van der Waals surface area contributed by atoms with Gasteiger partial charge >= 0.3 is 12.1 Å². The Balaban J connectivity index is 2.62. The van der Waals surface area contributed by atoms with E-state index in [2.05, 4.69) is 14.7 Å². The largest absolute Gasteiger partial charge is 0.501 e. The van der Waals surface area contributed by atoms with Crippen molar-refractivity contribution in [3.05, 3.63) is 11.5 Å². The predicted octanol–water partition coefficient (Wildman–Crippen LogP) is 1.14. The van der Waals surface area contributed by atoms with E-state index >= 15 is 0 Å². The molecule has 10 heteroatoms. The summed E-state index contributed by atoms with van der Waals surface area (Å²) in [5.41, 5.74) is -1.03. The van der Waals surface area contributed by atoms with Gasteiger partial charge in [-0.1, -0.05) is 20.8 Å². The van der Waals surface area contributed by atoms with Gasteiger partial charge < -0.3 is 24.8 Å². The van der Waals surface area contributed by atoms with Crippen molar-refractivity contribution in [2.75, 3.05) is 20.3 Å². The number of carboxylic acid groups (broad SMARTS) is 1. The van der Waals surface area contributed by atoms with E-state index in [9.17, 15) is 24.9 Å². The predicted molar refractivity (Wildman–Crippen MR) is 83.4 cm³/mol. The number of methoxy groups -OCH3 is 1. The van der Waals surface area contributed by atoms with E-state index in [0.717, 1.165) is 12.0 Å². The molecule has 25 heavy (non-hydrogen) atoms. The Kier molecular flexibility index (Phi) is 5.02. The number of hydrogen-bond acceptors (Lipinski definition) is 8. The summed E-state index contributed by atoms with van der Waals surface area (Å²) < 4.78 is 10.3. The van der Waals surface area contributed by atoms with Gasteiger partial charge in [0.25, 0.3) is 5.88 Å². The standard InChI is InChI=1S/C15H21N3O7/c1-15(2,3)10-8(18(14(22)23)5-6-25-10)11-16-7(13(21)24-4)9(19)12(20)17-11/h8,10,19H,5-6H2,1-4H3,(H,22,23)(H,16,17,20). The minimum absolute atomic E-state index is 0.0745. The van der Waals surface area contributed by atoms with Gasteiger partial charge in [-0.2, -0.15) is 4.98 Å². The first-order valence-corrected chi connectivity index (χ1v) is 7.57. The molecule has 2 heterocycles. The normalized spacial score (nSPS) is 21.0. The molecule has 1 aliphatic heterocycles. The molecule has 1 saturated heterocycles. The third-order valence-corrected chi connectivity index (χ3v) is 3.88. The second kappa shape index (κ2) is 6.71. The zero-order chi connectivity index (χ0) is 18.9. The van der Waals surface area contributed by atoms with Gasteiger partial charge in [0.2, 0.25) is 5.75 Å². The highest BCUT2D eigenvalue weighted by Gasteiger charge is 2.45. The van der Waals surface area contributed by atoms with Crippen LogP contribution in [-0.2, 0) is 9.47 Å². The first-order chi connectivity index (χ1) is 11.6. The highest BCUT2D eigenvalue weighted by molar-refractivity contribution is 5.90. The van der Waals surface area contributed by atoms with E-state index in [1.807, 2.05) is 20.8 Å². The number of aromatic nitrogens is 2. The fourth-order valence-electron chi connectivity index (χ4n) is 2.72. The zero-order valence-electron chi connectivity index (χ0n) is 14.4. The lowest BCUT2D eigenvalue weighted by Crippen LogP contribution is -2.52. The van der Waals surface area contributed by atoms with E-state index in [1.165, 1.54) is 0 Å². The first-order valence-electron chi connectivity index (χ1n) is 7.57. The van der Waals surface area contributed by atoms with Crippen molar-refractivity contribution in [2.45, 2.75) is 32.9 Å². The van der Waals surface area contributed by atoms with Gasteiger partial charge in [0.1, 0.15) is 6.04 Å². The number of rotatable bonds is 2. The summed E-state index contributed by atoms with van der Waals surface area (Å²) in [6.07, 6.45) is -1.84. The SMILES string of the molecule is COC(=O)c1nc(C2C(C(C)(C)C)OCCN2C(=O)O)nc(O)c1O. The number of nitrogens with zero attached hydrogens (tertiary/aromatic N) is 3. The van der Waals surface area contributed by atoms with Crippen LogP contribution in [0.25, 0.3) is 0 Å². The highest BCUT2D eigenvalue weighted by Crippen LogP contribution is 2.39. The maximum atomic E-state index is 11.8. The first kappa shape index (κ1) is 18.7. The molecule has 0 aromatic carbocycles. The summed E-state index contributed by atoms with van der Waals surface area (Å²) in [7, 11) is 1.09. The van der Waals surface area contributed by atoms with Crippen molar-refractivity contribution in [2.24, 2.45) is 5.41 Å². The molecule has 1 aromatic heterocycles. The van der Waals surface area contributed by atoms with Crippen LogP contribution in [0.3, 0.4) is 0 Å². The molecule has 2 rings (SSSR count). The van der Waals surface area contributed by atoms with Gasteiger partial charge in [0.15, 0.2) is 11.5 Å². The molecule has 10 nitrogen and oxygen atoms in total. The molecule has 0 saturated carbocycles. The van der Waals surface area contributed by atoms with Gasteiger partial charge in [0, 0.05) is 6.54 Å². The second-order valence-electron chi connectivity index (χ2n) is 6.67. The van der Waals surface area contributed by atoms with Crippen LogP contribution in [0.15, 0.2) is 0 Å². The molecule has 3 N–H and O–H groups in total. The highest BCUT2D eigenvalue weighted by atomic mass is 16.5. The summed E-state index contributed by atoms with van der Waals surface area (Å²) in [4.78, 5) is 32.2. The van der Waals surface area contributed by atoms with E-state index in [0.29, 0.717) is 0 Å². The maximum Gasteiger partial charge on any atom is 0.408 e. The molecule has 1 amide bonds. The van der Waals surface area contributed by atoms with Crippen LogP contribution in [0.4, 0.5) is 4.79 Å². The van der Waals surface area contributed by atoms with Gasteiger partial charge in [-0.05, 0) is 5.41 Å². The second-order valence-corrected chi connectivity index (χ2v) is 6.67. The van der Waals surface area contributed by atoms with E-state index in [1.54, 1.807) is 0 Å². The minimum Gasteiger partial charge on any atom is -0.501 e. The van der Waals surface area contributed by atoms with Crippen LogP contribution in [0.1, 0.15) is 43.1 Å². The Bertz CT molecular complexity index is 686. The number of ether oxygens (including phenoxy) is 2. The van der Waals surface area contributed by atoms with Crippen molar-refractivity contribution in [1.29, 1.82) is 0 Å². The van der Waals surface area contributed by atoms with Crippen LogP contribution < -0.4 is 0 Å². The maximum absolute atomic E-state index is 11.8. The molecular formula is C15H21N3O7. The number of amides is 1. The Morgan fingerprint density at radius 2 is 1.92 bits per heavy atom. The minimum atomic E-state index is -1.21. The van der Waals surface area contributed by atoms with Gasteiger partial charge in [-0.25, -0.2) is 14.6 Å². The third-order valence-electron chi connectivity index (χ3n) is 3.88. The average Bonchev–Trinajstić information content (AvgIpc) is 2.54. The summed E-state index contributed by atoms with van der Waals surface area (Å²) >= 11 is 0. The van der Waals surface area contributed by atoms with Crippen molar-refractivity contribution >= 4 is 12.1 Å². The fourth-order valence-corrected chi connectivity index (χ4v) is 2.72. The molecule has 1 aliphatic rings. The van der Waals surface area contributed by atoms with Crippen LogP contribution in [0, 0.1) is 5.41 Å². The monoisotopic (exact) mass is 355 g/mol. The Hall–Kier alpha value is -2.62. The molecule has 2 atom stereocenters. The van der Waals surface area contributed by atoms with E-state index < -0.39 is 46.9 Å². The fraction of sp³-hybridized carbons (Fsp3) is 0.600. The molecule has 1 aromatic rings. The molecule has 2 unspecified atom stereocenters. The lowest BCUT2D eigenvalue weighted by atomic mass is 9.82. The molecule has 0 aliphatic carbocycles. The molecule has 0 spiro atoms. The van der Waals surface area contributed by atoms with Crippen molar-refractivity contribution in [3.63, 3.8) is 0 Å². The number of morpholine rings is 1. The topological polar surface area (TPSA) is 142 Å². The number of aromatic hydroxyl groups is 2. The van der Waals surface area contributed by atoms with Gasteiger partial charge in [-0.15, -0.1) is 0 Å². The number of carbonyl (C=O) groups excluding carboxylic acids is 1. The van der Waals surface area contributed by atoms with Crippen molar-refractivity contribution < 1.29 is 34.4 Å². The summed E-state index contributed by atoms with van der Waals surface area (Å²) in [6.45, 7) is 5.84. The number of esters is 1. The third kappa shape index (κ3) is 3.58. The molecule has 0 radical (unpaired) electrons. The van der Waals surface area contributed by atoms with Crippen LogP contribution in [0.2, 0.25) is 0 Å². The Labute approximate surface area is 144 Å². The smallest absolute Gasteiger partial charge is 0.408 e. The van der Waals surface area contributed by atoms with Crippen LogP contribution in [-0.4, -0.2) is 68.6 Å². The molecule has 1 fully saturated rings. The van der Waals surface area contributed by atoms with Gasteiger partial charge in [0.05, 0.1) is 19.8 Å². The number of carbonyl (C=O) groups is 2. The number of hydrogen-bond donors (Lipinski definition) is 3. The summed E-state index contributed by atoms with van der Waals surface area (Å²) in [5.74, 6) is -2.81. The Morgan fingerprint density at radius 1 is 1.28 bits per heavy atom. The van der Waals surface area contributed by atoms with E-state index in [4.69, 9.17) is 4.74 Å². The summed E-state index contributed by atoms with van der Waals surface area (Å²) in [6, 6.07) is -0.971.